The molecule has 1 aliphatic carbocycles. The van der Waals surface area contributed by atoms with Gasteiger partial charge >= 0.3 is 6.10 Å². The van der Waals surface area contributed by atoms with Gasteiger partial charge in [-0.1, -0.05) is 0 Å². The number of hydrogen-bond acceptors (Lipinski definition) is 6. The first-order chi connectivity index (χ1) is 12.0. The lowest BCUT2D eigenvalue weighted by Gasteiger charge is -2.54. The van der Waals surface area contributed by atoms with Crippen molar-refractivity contribution in [2.45, 2.75) is 50.2 Å². The number of benzene rings is 1. The van der Waals surface area contributed by atoms with Crippen molar-refractivity contribution in [3.05, 3.63) is 29.3 Å². The average Bonchev–Trinajstić information content (AvgIpc) is 2.80. The van der Waals surface area contributed by atoms with E-state index in [4.69, 9.17) is 19.9 Å². The number of carbonyl (C=O) groups excluding carboxylic acids is 2. The van der Waals surface area contributed by atoms with E-state index in [0.717, 1.165) is 24.8 Å². The third-order valence-corrected chi connectivity index (χ3v) is 5.18. The molecule has 0 aromatic heterocycles. The van der Waals surface area contributed by atoms with E-state index in [1.807, 2.05) is 0 Å². The number of anilines is 1. The van der Waals surface area contributed by atoms with Crippen molar-refractivity contribution in [3.63, 3.8) is 0 Å². The molecule has 25 heavy (non-hydrogen) atoms. The maximum absolute atomic E-state index is 12.5. The van der Waals surface area contributed by atoms with Crippen LogP contribution in [0, 0.1) is 0 Å². The Kier molecular flexibility index (Phi) is 3.13. The third kappa shape index (κ3) is 2.48. The quantitative estimate of drug-likeness (QED) is 0.765. The van der Waals surface area contributed by atoms with Crippen LogP contribution in [0.2, 0.25) is 0 Å². The summed E-state index contributed by atoms with van der Waals surface area (Å²) in [6.45, 7) is 0.265. The molecule has 3 N–H and O–H groups in total. The van der Waals surface area contributed by atoms with E-state index in [1.54, 1.807) is 18.2 Å². The Hall–Kier alpha value is -2.16. The van der Waals surface area contributed by atoms with Crippen molar-refractivity contribution >= 4 is 17.5 Å². The Labute approximate surface area is 144 Å². The predicted octanol–water partition coefficient (Wildman–Crippen LogP) is 0.319. The minimum Gasteiger partial charge on any atom is -0.399 e. The van der Waals surface area contributed by atoms with Crippen LogP contribution >= 0.6 is 0 Å². The molecule has 0 spiro atoms. The second-order valence-electron chi connectivity index (χ2n) is 7.11. The highest BCUT2D eigenvalue weighted by atomic mass is 16.9. The van der Waals surface area contributed by atoms with Gasteiger partial charge in [-0.25, -0.2) is 0 Å². The smallest absolute Gasteiger partial charge is 0.377 e. The molecule has 1 saturated carbocycles. The molecule has 5 aliphatic rings. The largest absolute Gasteiger partial charge is 0.399 e. The molecule has 0 unspecified atom stereocenters. The van der Waals surface area contributed by atoms with E-state index >= 15 is 0 Å². The number of ether oxygens (including phenoxy) is 3. The number of nitrogens with one attached hydrogen (secondary N) is 1. The third-order valence-electron chi connectivity index (χ3n) is 5.18. The predicted molar refractivity (Wildman–Crippen MR) is 84.9 cm³/mol. The van der Waals surface area contributed by atoms with Gasteiger partial charge < -0.3 is 24.8 Å². The Morgan fingerprint density at radius 1 is 1.20 bits per heavy atom. The highest BCUT2D eigenvalue weighted by Crippen LogP contribution is 2.43. The van der Waals surface area contributed by atoms with E-state index in [-0.39, 0.29) is 36.7 Å². The van der Waals surface area contributed by atoms with Crippen LogP contribution < -0.4 is 11.1 Å². The normalized spacial score (nSPS) is 35.1. The Bertz CT molecular complexity index is 729. The van der Waals surface area contributed by atoms with Crippen LogP contribution in [0.3, 0.4) is 0 Å². The summed E-state index contributed by atoms with van der Waals surface area (Å²) in [5, 5.41) is 2.69. The number of fused-ring (bicyclic) bond motifs is 1. The van der Waals surface area contributed by atoms with E-state index in [9.17, 15) is 9.59 Å². The lowest BCUT2D eigenvalue weighted by Crippen LogP contribution is -2.69. The SMILES string of the molecule is Nc1ccc2c(c1)CN(CC(=O)NC13OC4CC(CC(C4)O1)O3)C2=O. The summed E-state index contributed by atoms with van der Waals surface area (Å²) in [5.74, 6) is -0.561. The van der Waals surface area contributed by atoms with Gasteiger partial charge in [-0.05, 0) is 23.8 Å². The fourth-order valence-corrected chi connectivity index (χ4v) is 4.20. The number of hydrogen-bond donors (Lipinski definition) is 2. The summed E-state index contributed by atoms with van der Waals surface area (Å²) in [4.78, 5) is 26.4. The van der Waals surface area contributed by atoms with Crippen LogP contribution in [-0.2, 0) is 25.5 Å². The molecular formula is C17H19N3O5. The first-order valence-corrected chi connectivity index (χ1v) is 8.52. The molecule has 1 aromatic rings. The van der Waals surface area contributed by atoms with Gasteiger partial charge in [0, 0.05) is 37.1 Å². The maximum Gasteiger partial charge on any atom is 0.377 e. The van der Waals surface area contributed by atoms with Crippen LogP contribution in [0.4, 0.5) is 5.69 Å². The number of nitrogens with zero attached hydrogens (tertiary/aromatic N) is 1. The summed E-state index contributed by atoms with van der Waals surface area (Å²) in [5.41, 5.74) is 7.77. The molecule has 3 saturated heterocycles. The van der Waals surface area contributed by atoms with Crippen molar-refractivity contribution < 1.29 is 23.8 Å². The molecule has 1 aromatic carbocycles. The van der Waals surface area contributed by atoms with Gasteiger partial charge in [-0.2, -0.15) is 0 Å². The first-order valence-electron chi connectivity index (χ1n) is 8.52. The highest BCUT2D eigenvalue weighted by Gasteiger charge is 2.56. The number of carbonyl (C=O) groups is 2. The van der Waals surface area contributed by atoms with Crippen molar-refractivity contribution in [3.8, 4) is 0 Å². The second kappa shape index (κ2) is 5.17. The van der Waals surface area contributed by atoms with Gasteiger partial charge in [0.2, 0.25) is 5.91 Å². The fourth-order valence-electron chi connectivity index (χ4n) is 4.20. The molecule has 8 heteroatoms. The number of nitrogen functional groups attached to an aromatic ring is 1. The molecule has 0 atom stereocenters. The number of rotatable bonds is 3. The van der Waals surface area contributed by atoms with Crippen LogP contribution in [-0.4, -0.2) is 47.7 Å². The lowest BCUT2D eigenvalue weighted by molar-refractivity contribution is -0.501. The summed E-state index contributed by atoms with van der Waals surface area (Å²) in [6, 6.07) is 5.14. The zero-order chi connectivity index (χ0) is 17.2. The van der Waals surface area contributed by atoms with Crippen molar-refractivity contribution in [2.75, 3.05) is 12.3 Å². The first kappa shape index (κ1) is 15.1. The Morgan fingerprint density at radius 2 is 1.84 bits per heavy atom. The maximum atomic E-state index is 12.5. The van der Waals surface area contributed by atoms with Crippen LogP contribution in [0.15, 0.2) is 18.2 Å². The average molecular weight is 345 g/mol. The molecule has 4 fully saturated rings. The Morgan fingerprint density at radius 3 is 2.48 bits per heavy atom. The molecular weight excluding hydrogens is 326 g/mol. The van der Waals surface area contributed by atoms with Crippen LogP contribution in [0.25, 0.3) is 0 Å². The van der Waals surface area contributed by atoms with Gasteiger partial charge in [0.1, 0.15) is 6.54 Å². The van der Waals surface area contributed by atoms with Crippen molar-refractivity contribution in [1.29, 1.82) is 0 Å². The van der Waals surface area contributed by atoms with Gasteiger partial charge in [0.05, 0.1) is 18.3 Å². The van der Waals surface area contributed by atoms with Crippen LogP contribution in [0.1, 0.15) is 35.2 Å². The Balaban J connectivity index is 1.27. The summed E-state index contributed by atoms with van der Waals surface area (Å²) >= 11 is 0. The van der Waals surface area contributed by atoms with E-state index in [0.29, 0.717) is 17.8 Å². The zero-order valence-corrected chi connectivity index (χ0v) is 13.6. The standard InChI is InChI=1S/C17H19N3O5/c18-10-1-2-14-9(3-10)7-20(16(14)22)8-15(21)19-17-23-11-4-12(24-17)6-13(5-11)25-17/h1-3,11-13H,4-8,18H2,(H,19,21). The summed E-state index contributed by atoms with van der Waals surface area (Å²) < 4.78 is 17.3. The molecule has 8 nitrogen and oxygen atoms in total. The second-order valence-corrected chi connectivity index (χ2v) is 7.11. The molecule has 6 rings (SSSR count). The summed E-state index contributed by atoms with van der Waals surface area (Å²) in [7, 11) is 0. The van der Waals surface area contributed by atoms with E-state index in [2.05, 4.69) is 5.32 Å². The minimum absolute atomic E-state index is 0.0483. The molecule has 4 heterocycles. The topological polar surface area (TPSA) is 103 Å². The molecule has 0 radical (unpaired) electrons. The van der Waals surface area contributed by atoms with Gasteiger partial charge in [0.25, 0.3) is 5.91 Å². The summed E-state index contributed by atoms with van der Waals surface area (Å²) in [6.07, 6.45) is 1.15. The number of nitrogens with two attached hydrogens (primary N) is 1. The minimum atomic E-state index is -1.49. The molecule has 4 aliphatic heterocycles. The van der Waals surface area contributed by atoms with E-state index in [1.165, 1.54) is 4.90 Å². The monoisotopic (exact) mass is 345 g/mol. The van der Waals surface area contributed by atoms with Gasteiger partial charge in [-0.15, -0.1) is 0 Å². The van der Waals surface area contributed by atoms with Crippen LogP contribution in [0.5, 0.6) is 0 Å². The molecule has 132 valence electrons. The van der Waals surface area contributed by atoms with Gasteiger partial charge in [-0.3, -0.25) is 14.9 Å². The zero-order valence-electron chi connectivity index (χ0n) is 13.6. The molecule has 2 amide bonds. The van der Waals surface area contributed by atoms with Crippen molar-refractivity contribution in [2.24, 2.45) is 0 Å². The number of amides is 2. The molecule has 4 bridgehead atoms. The van der Waals surface area contributed by atoms with Crippen molar-refractivity contribution in [1.82, 2.24) is 10.2 Å². The van der Waals surface area contributed by atoms with Gasteiger partial charge in [0.15, 0.2) is 0 Å². The fraction of sp³-hybridized carbons (Fsp3) is 0.529. The lowest BCUT2D eigenvalue weighted by atomic mass is 9.90. The van der Waals surface area contributed by atoms with E-state index < -0.39 is 6.10 Å². The highest BCUT2D eigenvalue weighted by molar-refractivity contribution is 6.00.